The second-order valence-corrected chi connectivity index (χ2v) is 9.02. The SMILES string of the molecule is Nc1ncccc1CN1C[C@H]2C[C@@H](C1)[C@H](Cc1ccccc1)N1C(=O)CCC[C@@H]21. The Morgan fingerprint density at radius 2 is 1.90 bits per heavy atom. The molecule has 5 nitrogen and oxygen atoms in total. The van der Waals surface area contributed by atoms with Gasteiger partial charge in [-0.3, -0.25) is 9.69 Å². The summed E-state index contributed by atoms with van der Waals surface area (Å²) in [6.45, 7) is 2.93. The number of nitrogens with zero attached hydrogens (tertiary/aromatic N) is 3. The van der Waals surface area contributed by atoms with Crippen LogP contribution >= 0.6 is 0 Å². The molecule has 4 heterocycles. The van der Waals surface area contributed by atoms with E-state index in [1.165, 1.54) is 12.0 Å². The molecule has 2 N–H and O–H groups in total. The number of rotatable bonds is 4. The minimum atomic E-state index is 0.306. The van der Waals surface area contributed by atoms with Gasteiger partial charge in [-0.05, 0) is 49.1 Å². The van der Waals surface area contributed by atoms with Crippen LogP contribution in [0.15, 0.2) is 48.7 Å². The van der Waals surface area contributed by atoms with Gasteiger partial charge in [0.1, 0.15) is 5.82 Å². The number of fused-ring (bicyclic) bond motifs is 4. The standard InChI is InChI=1S/C24H30N4O/c25-24-18(8-5-11-26-24)14-27-15-19-13-20(16-27)22(12-17-6-2-1-3-7-17)28-21(19)9-4-10-23(28)29/h1-3,5-8,11,19-22H,4,9-10,12-16H2,(H2,25,26)/t19-,20+,21+,22+/m1/s1. The van der Waals surface area contributed by atoms with Gasteiger partial charge in [0.15, 0.2) is 0 Å². The molecule has 1 aromatic heterocycles. The van der Waals surface area contributed by atoms with Crippen molar-refractivity contribution in [3.8, 4) is 0 Å². The minimum absolute atomic E-state index is 0.306. The number of likely N-dealkylation sites (tertiary alicyclic amines) is 1. The number of piperidine rings is 3. The van der Waals surface area contributed by atoms with Crippen molar-refractivity contribution >= 4 is 11.7 Å². The molecule has 2 aromatic rings. The van der Waals surface area contributed by atoms with Gasteiger partial charge in [0.2, 0.25) is 5.91 Å². The van der Waals surface area contributed by atoms with E-state index >= 15 is 0 Å². The number of carbonyl (C=O) groups excluding carboxylic acids is 1. The van der Waals surface area contributed by atoms with Crippen molar-refractivity contribution in [2.45, 2.75) is 50.7 Å². The van der Waals surface area contributed by atoms with E-state index in [0.717, 1.165) is 50.9 Å². The zero-order valence-corrected chi connectivity index (χ0v) is 16.9. The summed E-state index contributed by atoms with van der Waals surface area (Å²) in [5.41, 5.74) is 8.57. The van der Waals surface area contributed by atoms with Gasteiger partial charge in [0.25, 0.3) is 0 Å². The maximum Gasteiger partial charge on any atom is 0.223 e. The zero-order valence-electron chi connectivity index (χ0n) is 16.9. The van der Waals surface area contributed by atoms with Crippen LogP contribution in [0.4, 0.5) is 5.82 Å². The first-order chi connectivity index (χ1) is 14.2. The summed E-state index contributed by atoms with van der Waals surface area (Å²) in [6.07, 6.45) is 6.86. The summed E-state index contributed by atoms with van der Waals surface area (Å²) >= 11 is 0. The molecule has 1 aromatic carbocycles. The molecule has 0 spiro atoms. The van der Waals surface area contributed by atoms with Gasteiger partial charge in [-0.15, -0.1) is 0 Å². The number of nitrogens with two attached hydrogens (primary N) is 1. The highest BCUT2D eigenvalue weighted by Crippen LogP contribution is 2.42. The Morgan fingerprint density at radius 3 is 2.72 bits per heavy atom. The zero-order chi connectivity index (χ0) is 19.8. The number of nitrogen functional groups attached to an aromatic ring is 1. The Kier molecular flexibility index (Phi) is 5.00. The fraction of sp³-hybridized carbons (Fsp3) is 0.500. The minimum Gasteiger partial charge on any atom is -0.383 e. The average Bonchev–Trinajstić information content (AvgIpc) is 2.74. The van der Waals surface area contributed by atoms with Gasteiger partial charge in [-0.1, -0.05) is 36.4 Å². The lowest BCUT2D eigenvalue weighted by molar-refractivity contribution is -0.152. The molecule has 3 aliphatic rings. The van der Waals surface area contributed by atoms with Crippen LogP contribution < -0.4 is 5.73 Å². The van der Waals surface area contributed by atoms with E-state index < -0.39 is 0 Å². The molecule has 152 valence electrons. The molecule has 2 bridgehead atoms. The van der Waals surface area contributed by atoms with Crippen LogP contribution in [-0.4, -0.2) is 45.9 Å². The number of anilines is 1. The highest BCUT2D eigenvalue weighted by molar-refractivity contribution is 5.78. The van der Waals surface area contributed by atoms with E-state index in [4.69, 9.17) is 5.73 Å². The second-order valence-electron chi connectivity index (χ2n) is 9.02. The third kappa shape index (κ3) is 3.64. The van der Waals surface area contributed by atoms with E-state index in [-0.39, 0.29) is 0 Å². The smallest absolute Gasteiger partial charge is 0.223 e. The second kappa shape index (κ2) is 7.79. The first kappa shape index (κ1) is 18.6. The lowest BCUT2D eigenvalue weighted by Gasteiger charge is -2.57. The Morgan fingerprint density at radius 1 is 1.07 bits per heavy atom. The van der Waals surface area contributed by atoms with Crippen LogP contribution in [0.5, 0.6) is 0 Å². The molecule has 3 aliphatic heterocycles. The van der Waals surface area contributed by atoms with Gasteiger partial charge >= 0.3 is 0 Å². The lowest BCUT2D eigenvalue weighted by Crippen LogP contribution is -2.65. The van der Waals surface area contributed by atoms with E-state index in [1.807, 2.05) is 6.07 Å². The predicted molar refractivity (Wildman–Crippen MR) is 114 cm³/mol. The molecular weight excluding hydrogens is 360 g/mol. The van der Waals surface area contributed by atoms with E-state index in [1.54, 1.807) is 6.20 Å². The van der Waals surface area contributed by atoms with E-state index in [2.05, 4.69) is 51.2 Å². The van der Waals surface area contributed by atoms with Gasteiger partial charge in [-0.2, -0.15) is 0 Å². The van der Waals surface area contributed by atoms with Gasteiger partial charge in [0, 0.05) is 49.9 Å². The normalized spacial score (nSPS) is 29.5. The fourth-order valence-corrected chi connectivity index (χ4v) is 5.94. The Hall–Kier alpha value is -2.40. The fourth-order valence-electron chi connectivity index (χ4n) is 5.94. The molecule has 0 saturated carbocycles. The van der Waals surface area contributed by atoms with Crippen molar-refractivity contribution in [2.24, 2.45) is 11.8 Å². The number of carbonyl (C=O) groups is 1. The monoisotopic (exact) mass is 390 g/mol. The maximum absolute atomic E-state index is 13.0. The largest absolute Gasteiger partial charge is 0.383 e. The van der Waals surface area contributed by atoms with Crippen LogP contribution in [0.25, 0.3) is 0 Å². The van der Waals surface area contributed by atoms with Gasteiger partial charge in [0.05, 0.1) is 0 Å². The topological polar surface area (TPSA) is 62.5 Å². The summed E-state index contributed by atoms with van der Waals surface area (Å²) < 4.78 is 0. The highest BCUT2D eigenvalue weighted by atomic mass is 16.2. The quantitative estimate of drug-likeness (QED) is 0.871. The van der Waals surface area contributed by atoms with Gasteiger partial charge in [-0.25, -0.2) is 4.98 Å². The molecule has 0 aliphatic carbocycles. The number of amides is 1. The summed E-state index contributed by atoms with van der Waals surface area (Å²) in [5.74, 6) is 2.11. The van der Waals surface area contributed by atoms with E-state index in [0.29, 0.717) is 35.6 Å². The first-order valence-corrected chi connectivity index (χ1v) is 11.0. The Labute approximate surface area is 172 Å². The van der Waals surface area contributed by atoms with Crippen molar-refractivity contribution < 1.29 is 4.79 Å². The molecule has 4 atom stereocenters. The number of hydrogen-bond acceptors (Lipinski definition) is 4. The maximum atomic E-state index is 13.0. The molecule has 3 fully saturated rings. The van der Waals surface area contributed by atoms with Crippen molar-refractivity contribution in [3.05, 3.63) is 59.8 Å². The summed E-state index contributed by atoms with van der Waals surface area (Å²) in [7, 11) is 0. The van der Waals surface area contributed by atoms with Crippen molar-refractivity contribution in [2.75, 3.05) is 18.8 Å². The highest BCUT2D eigenvalue weighted by Gasteiger charge is 2.49. The molecule has 5 rings (SSSR count). The molecule has 29 heavy (non-hydrogen) atoms. The first-order valence-electron chi connectivity index (χ1n) is 11.0. The third-order valence-electron chi connectivity index (χ3n) is 7.18. The number of aromatic nitrogens is 1. The molecule has 0 radical (unpaired) electrons. The molecule has 0 unspecified atom stereocenters. The molecule has 5 heteroatoms. The predicted octanol–water partition coefficient (Wildman–Crippen LogP) is 3.11. The van der Waals surface area contributed by atoms with E-state index in [9.17, 15) is 4.79 Å². The number of benzene rings is 1. The third-order valence-corrected chi connectivity index (χ3v) is 7.18. The van der Waals surface area contributed by atoms with Crippen molar-refractivity contribution in [1.82, 2.24) is 14.8 Å². The summed E-state index contributed by atoms with van der Waals surface area (Å²) in [6, 6.07) is 15.4. The summed E-state index contributed by atoms with van der Waals surface area (Å²) in [4.78, 5) is 22.1. The average molecular weight is 391 g/mol. The molecule has 3 saturated heterocycles. The lowest BCUT2D eigenvalue weighted by atomic mass is 9.70. The van der Waals surface area contributed by atoms with Crippen LogP contribution in [-0.2, 0) is 17.8 Å². The number of hydrogen-bond donors (Lipinski definition) is 1. The van der Waals surface area contributed by atoms with Crippen molar-refractivity contribution in [1.29, 1.82) is 0 Å². The Balaban J connectivity index is 1.41. The summed E-state index contributed by atoms with van der Waals surface area (Å²) in [5, 5.41) is 0. The number of pyridine rings is 1. The van der Waals surface area contributed by atoms with Crippen molar-refractivity contribution in [3.63, 3.8) is 0 Å². The Bertz CT molecular complexity index is 870. The van der Waals surface area contributed by atoms with Crippen LogP contribution in [0.1, 0.15) is 36.8 Å². The van der Waals surface area contributed by atoms with Crippen LogP contribution in [0.2, 0.25) is 0 Å². The van der Waals surface area contributed by atoms with Crippen LogP contribution in [0.3, 0.4) is 0 Å². The van der Waals surface area contributed by atoms with Crippen LogP contribution in [0, 0.1) is 11.8 Å². The molecular formula is C24H30N4O. The van der Waals surface area contributed by atoms with Gasteiger partial charge < -0.3 is 10.6 Å². The molecule has 1 amide bonds.